The molecule has 1 atom stereocenters. The number of hydrogen-bond donors (Lipinski definition) is 2. The number of alkyl halides is 3. The smallest absolute Gasteiger partial charge is 0.379 e. The van der Waals surface area contributed by atoms with Crippen LogP contribution in [0.1, 0.15) is 40.4 Å². The molecular formula is C25H28F3N5O2. The molecule has 35 heavy (non-hydrogen) atoms. The standard InChI is InChI=1S/C25H28F3N5O2/c26-25(27,28)19-4-1-3-18(14-19)23(34)31-24-30-21-13-17(16-32-9-11-35-12-10-32)6-7-22(21)33(24)20-5-2-8-29-15-20/h1,3-4,6-7,13-14,20,29H,2,5,8-12,15-16H2,(H,30,31,34)/t20-/m1/s1. The van der Waals surface area contributed by atoms with Crippen LogP contribution in [0.25, 0.3) is 11.0 Å². The van der Waals surface area contributed by atoms with E-state index in [-0.39, 0.29) is 11.6 Å². The average Bonchev–Trinajstić information content (AvgIpc) is 3.21. The number of anilines is 1. The van der Waals surface area contributed by atoms with Crippen LogP contribution >= 0.6 is 0 Å². The number of fused-ring (bicyclic) bond motifs is 1. The Balaban J connectivity index is 1.46. The van der Waals surface area contributed by atoms with Crippen LogP contribution in [0, 0.1) is 0 Å². The normalized spacial score (nSPS) is 19.7. The fourth-order valence-electron chi connectivity index (χ4n) is 4.78. The van der Waals surface area contributed by atoms with Gasteiger partial charge in [0, 0.05) is 37.8 Å². The Kier molecular flexibility index (Phi) is 6.77. The molecule has 10 heteroatoms. The van der Waals surface area contributed by atoms with Crippen LogP contribution in [0.4, 0.5) is 19.1 Å². The molecule has 3 heterocycles. The first-order valence-electron chi connectivity index (χ1n) is 11.9. The van der Waals surface area contributed by atoms with E-state index in [0.29, 0.717) is 5.95 Å². The quantitative estimate of drug-likeness (QED) is 0.568. The number of carbonyl (C=O) groups is 1. The average molecular weight is 488 g/mol. The van der Waals surface area contributed by atoms with E-state index in [1.165, 1.54) is 12.1 Å². The van der Waals surface area contributed by atoms with E-state index in [1.54, 1.807) is 0 Å². The Bertz CT molecular complexity index is 1200. The summed E-state index contributed by atoms with van der Waals surface area (Å²) >= 11 is 0. The van der Waals surface area contributed by atoms with Gasteiger partial charge in [0.2, 0.25) is 5.95 Å². The molecule has 0 aliphatic carbocycles. The Hall–Kier alpha value is -2.95. The molecule has 0 unspecified atom stereocenters. The molecule has 2 N–H and O–H groups in total. The third-order valence-electron chi connectivity index (χ3n) is 6.58. The number of nitrogens with one attached hydrogen (secondary N) is 2. The molecule has 0 saturated carbocycles. The molecular weight excluding hydrogens is 459 g/mol. The zero-order valence-corrected chi connectivity index (χ0v) is 19.3. The molecule has 5 rings (SSSR count). The van der Waals surface area contributed by atoms with E-state index in [2.05, 4.69) is 21.6 Å². The first-order chi connectivity index (χ1) is 16.9. The van der Waals surface area contributed by atoms with Crippen LogP contribution < -0.4 is 10.6 Å². The van der Waals surface area contributed by atoms with Gasteiger partial charge in [-0.25, -0.2) is 4.98 Å². The van der Waals surface area contributed by atoms with E-state index >= 15 is 0 Å². The number of halogens is 3. The van der Waals surface area contributed by atoms with Crippen molar-refractivity contribution in [3.05, 3.63) is 59.2 Å². The summed E-state index contributed by atoms with van der Waals surface area (Å²) in [5, 5.41) is 6.17. The molecule has 0 spiro atoms. The molecule has 2 saturated heterocycles. The molecule has 3 aromatic rings. The van der Waals surface area contributed by atoms with Gasteiger partial charge >= 0.3 is 6.18 Å². The summed E-state index contributed by atoms with van der Waals surface area (Å²) in [7, 11) is 0. The van der Waals surface area contributed by atoms with Crippen molar-refractivity contribution in [2.75, 3.05) is 44.7 Å². The predicted molar refractivity (Wildman–Crippen MR) is 126 cm³/mol. The van der Waals surface area contributed by atoms with Gasteiger partial charge in [0.15, 0.2) is 0 Å². The lowest BCUT2D eigenvalue weighted by atomic mass is 10.1. The van der Waals surface area contributed by atoms with Gasteiger partial charge in [-0.3, -0.25) is 15.0 Å². The second-order valence-electron chi connectivity index (χ2n) is 9.05. The van der Waals surface area contributed by atoms with Gasteiger partial charge in [-0.05, 0) is 55.3 Å². The number of imidazole rings is 1. The van der Waals surface area contributed by atoms with Crippen LogP contribution in [0.15, 0.2) is 42.5 Å². The third kappa shape index (κ3) is 5.34. The van der Waals surface area contributed by atoms with Crippen molar-refractivity contribution < 1.29 is 22.7 Å². The van der Waals surface area contributed by atoms with Crippen molar-refractivity contribution in [3.8, 4) is 0 Å². The van der Waals surface area contributed by atoms with Gasteiger partial charge in [0.25, 0.3) is 5.91 Å². The van der Waals surface area contributed by atoms with Crippen molar-refractivity contribution in [1.29, 1.82) is 0 Å². The lowest BCUT2D eigenvalue weighted by Gasteiger charge is -2.27. The van der Waals surface area contributed by atoms with E-state index in [4.69, 9.17) is 9.72 Å². The molecule has 1 amide bonds. The minimum Gasteiger partial charge on any atom is -0.379 e. The summed E-state index contributed by atoms with van der Waals surface area (Å²) in [6, 6.07) is 10.6. The number of morpholine rings is 1. The first-order valence-corrected chi connectivity index (χ1v) is 11.9. The van der Waals surface area contributed by atoms with Crippen molar-refractivity contribution in [2.45, 2.75) is 31.6 Å². The third-order valence-corrected chi connectivity index (χ3v) is 6.58. The number of piperidine rings is 1. The van der Waals surface area contributed by atoms with Gasteiger partial charge in [-0.1, -0.05) is 12.1 Å². The summed E-state index contributed by atoms with van der Waals surface area (Å²) in [6.07, 6.45) is -2.62. The summed E-state index contributed by atoms with van der Waals surface area (Å²) in [5.41, 5.74) is 1.84. The number of amides is 1. The SMILES string of the molecule is O=C(Nc1nc2cc(CN3CCOCC3)ccc2n1[C@@H]1CCCNC1)c1cccc(C(F)(F)F)c1. The largest absolute Gasteiger partial charge is 0.416 e. The number of benzene rings is 2. The van der Waals surface area contributed by atoms with E-state index in [1.807, 2.05) is 16.7 Å². The molecule has 0 radical (unpaired) electrons. The number of carbonyl (C=O) groups excluding carboxylic acids is 1. The van der Waals surface area contributed by atoms with Gasteiger partial charge in [0.05, 0.1) is 29.8 Å². The van der Waals surface area contributed by atoms with E-state index < -0.39 is 17.6 Å². The van der Waals surface area contributed by atoms with Gasteiger partial charge in [0.1, 0.15) is 0 Å². The minimum atomic E-state index is -4.52. The zero-order valence-electron chi connectivity index (χ0n) is 19.3. The summed E-state index contributed by atoms with van der Waals surface area (Å²) in [5.74, 6) is -0.274. The van der Waals surface area contributed by atoms with Gasteiger partial charge in [-0.15, -0.1) is 0 Å². The monoisotopic (exact) mass is 487 g/mol. The Morgan fingerprint density at radius 1 is 1.17 bits per heavy atom. The zero-order chi connectivity index (χ0) is 24.4. The highest BCUT2D eigenvalue weighted by atomic mass is 19.4. The minimum absolute atomic E-state index is 0.0618. The number of ether oxygens (including phenoxy) is 1. The summed E-state index contributed by atoms with van der Waals surface area (Å²) < 4.78 is 46.9. The number of aromatic nitrogens is 2. The van der Waals surface area contributed by atoms with Crippen molar-refractivity contribution in [3.63, 3.8) is 0 Å². The highest BCUT2D eigenvalue weighted by Crippen LogP contribution is 2.31. The van der Waals surface area contributed by atoms with Crippen LogP contribution in [-0.4, -0.2) is 59.8 Å². The van der Waals surface area contributed by atoms with E-state index in [9.17, 15) is 18.0 Å². The second-order valence-corrected chi connectivity index (χ2v) is 9.05. The fraction of sp³-hybridized carbons (Fsp3) is 0.440. The molecule has 2 aromatic carbocycles. The predicted octanol–water partition coefficient (Wildman–Crippen LogP) is 4.06. The number of rotatable bonds is 5. The highest BCUT2D eigenvalue weighted by Gasteiger charge is 2.31. The maximum absolute atomic E-state index is 13.1. The molecule has 7 nitrogen and oxygen atoms in total. The Morgan fingerprint density at radius 3 is 2.74 bits per heavy atom. The second kappa shape index (κ2) is 9.96. The molecule has 2 aliphatic rings. The highest BCUT2D eigenvalue weighted by molar-refractivity contribution is 6.04. The van der Waals surface area contributed by atoms with Gasteiger partial charge in [-0.2, -0.15) is 13.2 Å². The molecule has 2 fully saturated rings. The Morgan fingerprint density at radius 2 is 2.00 bits per heavy atom. The maximum Gasteiger partial charge on any atom is 0.416 e. The lowest BCUT2D eigenvalue weighted by molar-refractivity contribution is -0.137. The topological polar surface area (TPSA) is 71.4 Å². The Labute approximate surface area is 201 Å². The van der Waals surface area contributed by atoms with Gasteiger partial charge < -0.3 is 14.6 Å². The van der Waals surface area contributed by atoms with Crippen LogP contribution in [0.2, 0.25) is 0 Å². The van der Waals surface area contributed by atoms with Crippen LogP contribution in [-0.2, 0) is 17.5 Å². The van der Waals surface area contributed by atoms with Crippen molar-refractivity contribution in [2.24, 2.45) is 0 Å². The molecule has 2 aliphatic heterocycles. The van der Waals surface area contributed by atoms with Crippen molar-refractivity contribution in [1.82, 2.24) is 19.8 Å². The summed E-state index contributed by atoms with van der Waals surface area (Å²) in [6.45, 7) is 5.63. The summed E-state index contributed by atoms with van der Waals surface area (Å²) in [4.78, 5) is 20.0. The number of nitrogens with zero attached hydrogens (tertiary/aromatic N) is 3. The van der Waals surface area contributed by atoms with Crippen LogP contribution in [0.5, 0.6) is 0 Å². The molecule has 1 aromatic heterocycles. The molecule has 0 bridgehead atoms. The first kappa shape index (κ1) is 23.8. The van der Waals surface area contributed by atoms with Crippen molar-refractivity contribution >= 4 is 22.9 Å². The van der Waals surface area contributed by atoms with Crippen LogP contribution in [0.3, 0.4) is 0 Å². The number of hydrogen-bond acceptors (Lipinski definition) is 5. The fourth-order valence-corrected chi connectivity index (χ4v) is 4.78. The molecule has 186 valence electrons. The van der Waals surface area contributed by atoms with E-state index in [0.717, 1.165) is 87.5 Å². The lowest BCUT2D eigenvalue weighted by Crippen LogP contribution is -2.35. The maximum atomic E-state index is 13.1.